The van der Waals surface area contributed by atoms with Crippen LogP contribution in [0.25, 0.3) is 0 Å². The lowest BCUT2D eigenvalue weighted by atomic mass is 9.95. The largest absolute Gasteiger partial charge is 0.497 e. The zero-order chi connectivity index (χ0) is 14.1. The molecule has 1 amide bonds. The zero-order valence-electron chi connectivity index (χ0n) is 12.0. The van der Waals surface area contributed by atoms with Crippen LogP contribution in [0.1, 0.15) is 36.0 Å². The van der Waals surface area contributed by atoms with Gasteiger partial charge >= 0.3 is 0 Å². The normalized spacial score (nSPS) is 27.4. The summed E-state index contributed by atoms with van der Waals surface area (Å²) in [7, 11) is 3.18. The van der Waals surface area contributed by atoms with E-state index < -0.39 is 0 Å². The van der Waals surface area contributed by atoms with Crippen molar-refractivity contribution in [1.82, 2.24) is 5.32 Å². The summed E-state index contributed by atoms with van der Waals surface area (Å²) in [5, 5.41) is 3.18. The number of carbonyl (C=O) groups is 1. The first-order valence-corrected chi connectivity index (χ1v) is 7.23. The third-order valence-corrected chi connectivity index (χ3v) is 4.67. The van der Waals surface area contributed by atoms with Crippen LogP contribution in [0.5, 0.6) is 11.5 Å². The lowest BCUT2D eigenvalue weighted by Crippen LogP contribution is -2.38. The Morgan fingerprint density at radius 1 is 1.10 bits per heavy atom. The minimum atomic E-state index is -0.0280. The van der Waals surface area contributed by atoms with Crippen LogP contribution in [-0.4, -0.2) is 26.2 Å². The molecule has 1 aromatic rings. The number of ether oxygens (including phenoxy) is 2. The van der Waals surface area contributed by atoms with Gasteiger partial charge in [0.25, 0.3) is 5.91 Å². The molecule has 0 aliphatic heterocycles. The maximum atomic E-state index is 12.4. The second kappa shape index (κ2) is 5.35. The number of methoxy groups -OCH3 is 2. The number of hydrogen-bond acceptors (Lipinski definition) is 3. The van der Waals surface area contributed by atoms with Crippen LogP contribution in [0.15, 0.2) is 18.2 Å². The van der Waals surface area contributed by atoms with Crippen LogP contribution < -0.4 is 14.8 Å². The predicted octanol–water partition coefficient (Wildman–Crippen LogP) is 2.62. The molecule has 0 unspecified atom stereocenters. The maximum Gasteiger partial charge on any atom is 0.251 e. The van der Waals surface area contributed by atoms with Crippen molar-refractivity contribution in [3.8, 4) is 11.5 Å². The van der Waals surface area contributed by atoms with Crippen molar-refractivity contribution in [2.24, 2.45) is 11.8 Å². The van der Waals surface area contributed by atoms with E-state index in [0.29, 0.717) is 29.0 Å². The van der Waals surface area contributed by atoms with Gasteiger partial charge in [0, 0.05) is 17.7 Å². The van der Waals surface area contributed by atoms with Crippen molar-refractivity contribution in [1.29, 1.82) is 0 Å². The summed E-state index contributed by atoms with van der Waals surface area (Å²) in [6, 6.07) is 5.63. The molecule has 4 heteroatoms. The minimum absolute atomic E-state index is 0.0280. The van der Waals surface area contributed by atoms with E-state index in [4.69, 9.17) is 9.47 Å². The van der Waals surface area contributed by atoms with Crippen LogP contribution in [0, 0.1) is 11.8 Å². The van der Waals surface area contributed by atoms with E-state index in [1.165, 1.54) is 19.3 Å². The molecule has 3 rings (SSSR count). The molecule has 2 saturated carbocycles. The van der Waals surface area contributed by atoms with E-state index in [1.807, 2.05) is 0 Å². The van der Waals surface area contributed by atoms with E-state index in [9.17, 15) is 4.79 Å². The molecule has 0 saturated heterocycles. The summed E-state index contributed by atoms with van der Waals surface area (Å²) in [4.78, 5) is 12.4. The lowest BCUT2D eigenvalue weighted by Gasteiger charge is -2.23. The van der Waals surface area contributed by atoms with Gasteiger partial charge in [-0.05, 0) is 43.2 Å². The molecule has 1 aromatic carbocycles. The molecule has 2 bridgehead atoms. The van der Waals surface area contributed by atoms with E-state index in [1.54, 1.807) is 32.4 Å². The van der Waals surface area contributed by atoms with Gasteiger partial charge in [-0.1, -0.05) is 6.42 Å². The van der Waals surface area contributed by atoms with Crippen molar-refractivity contribution in [3.05, 3.63) is 23.8 Å². The fourth-order valence-electron chi connectivity index (χ4n) is 3.61. The van der Waals surface area contributed by atoms with Crippen LogP contribution in [-0.2, 0) is 0 Å². The highest BCUT2D eigenvalue weighted by atomic mass is 16.5. The van der Waals surface area contributed by atoms with E-state index in [2.05, 4.69) is 5.32 Å². The molecule has 0 heterocycles. The quantitative estimate of drug-likeness (QED) is 0.919. The Hall–Kier alpha value is -1.71. The van der Waals surface area contributed by atoms with Crippen molar-refractivity contribution in [2.45, 2.75) is 31.7 Å². The summed E-state index contributed by atoms with van der Waals surface area (Å²) >= 11 is 0. The van der Waals surface area contributed by atoms with Gasteiger partial charge in [0.1, 0.15) is 11.5 Å². The molecule has 1 N–H and O–H groups in total. The molecule has 0 radical (unpaired) electrons. The smallest absolute Gasteiger partial charge is 0.251 e. The fourth-order valence-corrected chi connectivity index (χ4v) is 3.61. The number of amides is 1. The first-order chi connectivity index (χ1) is 9.69. The van der Waals surface area contributed by atoms with Gasteiger partial charge in [-0.15, -0.1) is 0 Å². The molecule has 0 spiro atoms. The molecule has 20 heavy (non-hydrogen) atoms. The van der Waals surface area contributed by atoms with Gasteiger partial charge in [-0.3, -0.25) is 4.79 Å². The van der Waals surface area contributed by atoms with E-state index in [0.717, 1.165) is 12.3 Å². The molecule has 4 nitrogen and oxygen atoms in total. The number of nitrogens with one attached hydrogen (secondary N) is 1. The number of fused-ring (bicyclic) bond motifs is 2. The van der Waals surface area contributed by atoms with Gasteiger partial charge in [0.2, 0.25) is 0 Å². The summed E-state index contributed by atoms with van der Waals surface area (Å²) in [5.74, 6) is 2.76. The Morgan fingerprint density at radius 2 is 1.80 bits per heavy atom. The summed E-state index contributed by atoms with van der Waals surface area (Å²) in [6.07, 6.45) is 5.02. The van der Waals surface area contributed by atoms with Crippen LogP contribution >= 0.6 is 0 Å². The lowest BCUT2D eigenvalue weighted by molar-refractivity contribution is 0.0922. The summed E-state index contributed by atoms with van der Waals surface area (Å²) < 4.78 is 10.4. The minimum Gasteiger partial charge on any atom is -0.497 e. The number of benzene rings is 1. The Bertz CT molecular complexity index is 492. The number of rotatable bonds is 4. The SMILES string of the molecule is COc1cc(OC)cc(C(=O)N[C@@H]2C[C@H]3CC[C@H]2C3)c1. The highest BCUT2D eigenvalue weighted by Crippen LogP contribution is 2.44. The molecule has 2 fully saturated rings. The van der Waals surface area contributed by atoms with Crippen LogP contribution in [0.3, 0.4) is 0 Å². The highest BCUT2D eigenvalue weighted by molar-refractivity contribution is 5.95. The number of carbonyl (C=O) groups excluding carboxylic acids is 1. The standard InChI is InChI=1S/C16H21NO3/c1-19-13-7-12(8-14(9-13)20-2)16(18)17-15-6-10-3-4-11(15)5-10/h7-11,15H,3-6H2,1-2H3,(H,17,18)/t10-,11-,15+/m0/s1. The van der Waals surface area contributed by atoms with Crippen LogP contribution in [0.4, 0.5) is 0 Å². The molecular weight excluding hydrogens is 254 g/mol. The molecule has 108 valence electrons. The summed E-state index contributed by atoms with van der Waals surface area (Å²) in [5.41, 5.74) is 0.601. The fraction of sp³-hybridized carbons (Fsp3) is 0.562. The predicted molar refractivity (Wildman–Crippen MR) is 76.2 cm³/mol. The maximum absolute atomic E-state index is 12.4. The van der Waals surface area contributed by atoms with Gasteiger partial charge in [0.15, 0.2) is 0 Å². The number of hydrogen-bond donors (Lipinski definition) is 1. The third kappa shape index (κ3) is 2.47. The average molecular weight is 275 g/mol. The second-order valence-electron chi connectivity index (χ2n) is 5.86. The molecule has 2 aliphatic carbocycles. The average Bonchev–Trinajstić information content (AvgIpc) is 3.09. The molecular formula is C16H21NO3. The highest BCUT2D eigenvalue weighted by Gasteiger charge is 2.40. The topological polar surface area (TPSA) is 47.6 Å². The van der Waals surface area contributed by atoms with E-state index in [-0.39, 0.29) is 5.91 Å². The zero-order valence-corrected chi connectivity index (χ0v) is 12.0. The molecule has 2 aliphatic rings. The van der Waals surface area contributed by atoms with Gasteiger partial charge < -0.3 is 14.8 Å². The second-order valence-corrected chi connectivity index (χ2v) is 5.86. The van der Waals surface area contributed by atoms with Crippen molar-refractivity contribution >= 4 is 5.91 Å². The van der Waals surface area contributed by atoms with Crippen molar-refractivity contribution in [3.63, 3.8) is 0 Å². The first kappa shape index (κ1) is 13.3. The first-order valence-electron chi connectivity index (χ1n) is 7.23. The monoisotopic (exact) mass is 275 g/mol. The Kier molecular flexibility index (Phi) is 3.55. The van der Waals surface area contributed by atoms with E-state index >= 15 is 0 Å². The summed E-state index contributed by atoms with van der Waals surface area (Å²) in [6.45, 7) is 0. The van der Waals surface area contributed by atoms with Crippen LogP contribution in [0.2, 0.25) is 0 Å². The molecule has 0 aromatic heterocycles. The van der Waals surface area contributed by atoms with Gasteiger partial charge in [-0.25, -0.2) is 0 Å². The molecule has 3 atom stereocenters. The van der Waals surface area contributed by atoms with Crippen molar-refractivity contribution < 1.29 is 14.3 Å². The third-order valence-electron chi connectivity index (χ3n) is 4.67. The Morgan fingerprint density at radius 3 is 2.30 bits per heavy atom. The van der Waals surface area contributed by atoms with Crippen molar-refractivity contribution in [2.75, 3.05) is 14.2 Å². The Labute approximate surface area is 119 Å². The van der Waals surface area contributed by atoms with Gasteiger partial charge in [0.05, 0.1) is 14.2 Å². The Balaban J connectivity index is 1.73. The van der Waals surface area contributed by atoms with Gasteiger partial charge in [-0.2, -0.15) is 0 Å².